The Kier molecular flexibility index (Phi) is 4.78. The quantitative estimate of drug-likeness (QED) is 0.926. The van der Waals surface area contributed by atoms with Crippen LogP contribution in [0, 0.1) is 6.92 Å². The Bertz CT molecular complexity index is 695. The minimum Gasteiger partial charge on any atom is -0.338 e. The predicted octanol–water partition coefficient (Wildman–Crippen LogP) is 1.65. The van der Waals surface area contributed by atoms with E-state index in [-0.39, 0.29) is 12.1 Å². The van der Waals surface area contributed by atoms with E-state index < -0.39 is 0 Å². The predicted molar refractivity (Wildman–Crippen MR) is 90.6 cm³/mol. The highest BCUT2D eigenvalue weighted by Crippen LogP contribution is 2.31. The molecule has 1 N–H and O–H groups in total. The number of rotatable bonds is 4. The zero-order valence-corrected chi connectivity index (χ0v) is 14.4. The van der Waals surface area contributed by atoms with Crippen LogP contribution in [0.15, 0.2) is 24.3 Å². The van der Waals surface area contributed by atoms with Gasteiger partial charge in [0.15, 0.2) is 5.82 Å². The van der Waals surface area contributed by atoms with Crippen molar-refractivity contribution >= 4 is 6.03 Å². The molecule has 7 heteroatoms. The molecule has 2 atom stereocenters. The number of hydrogen-bond donors (Lipinski definition) is 1. The van der Waals surface area contributed by atoms with E-state index in [1.54, 1.807) is 11.7 Å². The number of benzene rings is 1. The van der Waals surface area contributed by atoms with Crippen LogP contribution >= 0.6 is 0 Å². The number of urea groups is 1. The molecule has 0 saturated carbocycles. The second-order valence-electron chi connectivity index (χ2n) is 6.55. The molecule has 2 heterocycles. The zero-order chi connectivity index (χ0) is 17.1. The fourth-order valence-electron chi connectivity index (χ4n) is 3.24. The van der Waals surface area contributed by atoms with E-state index in [4.69, 9.17) is 0 Å². The van der Waals surface area contributed by atoms with Crippen molar-refractivity contribution in [3.63, 3.8) is 0 Å². The molecule has 128 valence electrons. The summed E-state index contributed by atoms with van der Waals surface area (Å²) in [5.41, 5.74) is 2.57. The molecule has 7 nitrogen and oxygen atoms in total. The summed E-state index contributed by atoms with van der Waals surface area (Å²) in [6, 6.07) is 8.86. The van der Waals surface area contributed by atoms with Gasteiger partial charge < -0.3 is 10.2 Å². The average molecular weight is 328 g/mol. The molecule has 0 spiro atoms. The molecule has 1 aliphatic heterocycles. The van der Waals surface area contributed by atoms with Crippen molar-refractivity contribution in [2.75, 3.05) is 13.1 Å². The van der Waals surface area contributed by atoms with E-state index in [9.17, 15) is 4.79 Å². The Labute approximate surface area is 142 Å². The number of nitrogens with zero attached hydrogens (tertiary/aromatic N) is 5. The molecule has 3 rings (SSSR count). The number of amides is 2. The van der Waals surface area contributed by atoms with Crippen molar-refractivity contribution in [1.29, 1.82) is 0 Å². The average Bonchev–Trinajstić information content (AvgIpc) is 3.14. The van der Waals surface area contributed by atoms with Crippen molar-refractivity contribution < 1.29 is 4.79 Å². The molecule has 2 amide bonds. The molecule has 0 aliphatic carbocycles. The fourth-order valence-corrected chi connectivity index (χ4v) is 3.24. The summed E-state index contributed by atoms with van der Waals surface area (Å²) in [4.78, 5) is 14.4. The van der Waals surface area contributed by atoms with Crippen molar-refractivity contribution in [3.05, 3.63) is 41.2 Å². The Morgan fingerprint density at radius 2 is 2.08 bits per heavy atom. The van der Waals surface area contributed by atoms with Gasteiger partial charge in [0, 0.05) is 38.5 Å². The largest absolute Gasteiger partial charge is 0.338 e. The smallest absolute Gasteiger partial charge is 0.317 e. The second-order valence-corrected chi connectivity index (χ2v) is 6.55. The molecular weight excluding hydrogens is 304 g/mol. The number of hydrogen-bond acceptors (Lipinski definition) is 4. The first-order valence-electron chi connectivity index (χ1n) is 8.37. The highest BCUT2D eigenvalue weighted by molar-refractivity contribution is 5.75. The van der Waals surface area contributed by atoms with Gasteiger partial charge in [-0.25, -0.2) is 9.48 Å². The van der Waals surface area contributed by atoms with Gasteiger partial charge in [-0.05, 0) is 36.3 Å². The van der Waals surface area contributed by atoms with E-state index in [0.29, 0.717) is 18.9 Å². The third kappa shape index (κ3) is 3.55. The highest BCUT2D eigenvalue weighted by Gasteiger charge is 2.33. The van der Waals surface area contributed by atoms with Crippen molar-refractivity contribution in [2.24, 2.45) is 7.05 Å². The maximum absolute atomic E-state index is 12.5. The maximum Gasteiger partial charge on any atom is 0.317 e. The van der Waals surface area contributed by atoms with Gasteiger partial charge in [0.05, 0.1) is 0 Å². The second kappa shape index (κ2) is 6.98. The maximum atomic E-state index is 12.5. The number of aromatic nitrogens is 4. The Morgan fingerprint density at radius 1 is 1.33 bits per heavy atom. The van der Waals surface area contributed by atoms with Crippen molar-refractivity contribution in [2.45, 2.75) is 38.6 Å². The van der Waals surface area contributed by atoms with E-state index in [1.807, 2.05) is 4.90 Å². The van der Waals surface area contributed by atoms with Crippen LogP contribution in [0.25, 0.3) is 0 Å². The van der Waals surface area contributed by atoms with Gasteiger partial charge in [0.1, 0.15) is 0 Å². The van der Waals surface area contributed by atoms with Crippen LogP contribution in [0.5, 0.6) is 0 Å². The third-order valence-corrected chi connectivity index (χ3v) is 4.72. The lowest BCUT2D eigenvalue weighted by Crippen LogP contribution is -2.42. The molecule has 0 radical (unpaired) electrons. The zero-order valence-electron chi connectivity index (χ0n) is 14.4. The fraction of sp³-hybridized carbons (Fsp3) is 0.529. The number of tetrazole rings is 1. The SMILES string of the molecule is Cc1ccc(C2CC(C)N(C(=O)NCCc3nnnn3C)C2)cc1. The van der Waals surface area contributed by atoms with Gasteiger partial charge in [-0.1, -0.05) is 29.8 Å². The summed E-state index contributed by atoms with van der Waals surface area (Å²) < 4.78 is 1.62. The molecule has 2 aromatic rings. The van der Waals surface area contributed by atoms with Gasteiger partial charge in [-0.2, -0.15) is 0 Å². The normalized spacial score (nSPS) is 20.4. The Hall–Kier alpha value is -2.44. The molecule has 1 aromatic carbocycles. The Balaban J connectivity index is 1.53. The van der Waals surface area contributed by atoms with Crippen LogP contribution in [0.1, 0.15) is 36.2 Å². The third-order valence-electron chi connectivity index (χ3n) is 4.72. The highest BCUT2D eigenvalue weighted by atomic mass is 16.2. The minimum atomic E-state index is -0.00719. The molecule has 24 heavy (non-hydrogen) atoms. The van der Waals surface area contributed by atoms with Gasteiger partial charge in [0.2, 0.25) is 0 Å². The minimum absolute atomic E-state index is 0.00719. The van der Waals surface area contributed by atoms with E-state index in [2.05, 4.69) is 59.0 Å². The van der Waals surface area contributed by atoms with Gasteiger partial charge >= 0.3 is 6.03 Å². The number of aryl methyl sites for hydroxylation is 2. The topological polar surface area (TPSA) is 75.9 Å². The molecule has 1 aliphatic rings. The first kappa shape index (κ1) is 16.4. The van der Waals surface area contributed by atoms with Crippen LogP contribution in [0.2, 0.25) is 0 Å². The van der Waals surface area contributed by atoms with Crippen molar-refractivity contribution in [1.82, 2.24) is 30.4 Å². The lowest BCUT2D eigenvalue weighted by atomic mass is 9.96. The molecule has 1 saturated heterocycles. The summed E-state index contributed by atoms with van der Waals surface area (Å²) in [6.45, 7) is 5.50. The summed E-state index contributed by atoms with van der Waals surface area (Å²) >= 11 is 0. The van der Waals surface area contributed by atoms with Crippen molar-refractivity contribution in [3.8, 4) is 0 Å². The lowest BCUT2D eigenvalue weighted by Gasteiger charge is -2.22. The summed E-state index contributed by atoms with van der Waals surface area (Å²) in [7, 11) is 1.80. The van der Waals surface area contributed by atoms with Crippen LogP contribution in [0.3, 0.4) is 0 Å². The van der Waals surface area contributed by atoms with E-state index in [0.717, 1.165) is 18.8 Å². The van der Waals surface area contributed by atoms with Gasteiger partial charge in [0.25, 0.3) is 0 Å². The summed E-state index contributed by atoms with van der Waals surface area (Å²) in [5, 5.41) is 14.3. The standard InChI is InChI=1S/C17H24N6O/c1-12-4-6-14(7-5-12)15-10-13(2)23(11-15)17(24)18-9-8-16-19-20-21-22(16)3/h4-7,13,15H,8-11H2,1-3H3,(H,18,24). The molecule has 0 bridgehead atoms. The summed E-state index contributed by atoms with van der Waals surface area (Å²) in [5.74, 6) is 1.18. The number of likely N-dealkylation sites (tertiary alicyclic amines) is 1. The number of carbonyl (C=O) groups is 1. The van der Waals surface area contributed by atoms with Gasteiger partial charge in [-0.3, -0.25) is 0 Å². The molecular formula is C17H24N6O. The van der Waals surface area contributed by atoms with Gasteiger partial charge in [-0.15, -0.1) is 5.10 Å². The van der Waals surface area contributed by atoms with Crippen LogP contribution in [-0.4, -0.2) is 50.3 Å². The first-order chi connectivity index (χ1) is 11.5. The molecule has 1 aromatic heterocycles. The lowest BCUT2D eigenvalue weighted by molar-refractivity contribution is 0.196. The van der Waals surface area contributed by atoms with E-state index >= 15 is 0 Å². The first-order valence-corrected chi connectivity index (χ1v) is 8.37. The number of nitrogens with one attached hydrogen (secondary N) is 1. The van der Waals surface area contributed by atoms with E-state index in [1.165, 1.54) is 11.1 Å². The molecule has 1 fully saturated rings. The monoisotopic (exact) mass is 328 g/mol. The number of carbonyl (C=O) groups excluding carboxylic acids is 1. The molecule has 2 unspecified atom stereocenters. The summed E-state index contributed by atoms with van der Waals surface area (Å²) in [6.07, 6.45) is 1.63. The van der Waals surface area contributed by atoms with Crippen LogP contribution in [0.4, 0.5) is 4.79 Å². The van der Waals surface area contributed by atoms with Crippen LogP contribution < -0.4 is 5.32 Å². The Morgan fingerprint density at radius 3 is 2.75 bits per heavy atom. The van der Waals surface area contributed by atoms with Crippen LogP contribution in [-0.2, 0) is 13.5 Å².